The Balaban J connectivity index is 2.09. The summed E-state index contributed by atoms with van der Waals surface area (Å²) in [6.45, 7) is 7.00. The van der Waals surface area contributed by atoms with Crippen molar-refractivity contribution >= 4 is 0 Å². The second kappa shape index (κ2) is 4.19. The van der Waals surface area contributed by atoms with Gasteiger partial charge >= 0.3 is 0 Å². The molecule has 16 heavy (non-hydrogen) atoms. The van der Waals surface area contributed by atoms with Crippen LogP contribution in [0, 0.1) is 0 Å². The van der Waals surface area contributed by atoms with Crippen LogP contribution >= 0.6 is 0 Å². The topological polar surface area (TPSA) is 23.5 Å². The monoisotopic (exact) mass is 219 g/mol. The summed E-state index contributed by atoms with van der Waals surface area (Å²) in [6.07, 6.45) is 1.18. The van der Waals surface area contributed by atoms with Crippen molar-refractivity contribution in [2.75, 3.05) is 6.54 Å². The van der Waals surface area contributed by atoms with Crippen molar-refractivity contribution in [3.8, 4) is 0 Å². The zero-order valence-electron chi connectivity index (χ0n) is 10.4. The molecule has 1 N–H and O–H groups in total. The first-order valence-electron chi connectivity index (χ1n) is 6.04. The fourth-order valence-electron chi connectivity index (χ4n) is 2.59. The van der Waals surface area contributed by atoms with Gasteiger partial charge in [-0.3, -0.25) is 4.90 Å². The van der Waals surface area contributed by atoms with Gasteiger partial charge in [0, 0.05) is 12.6 Å². The lowest BCUT2D eigenvalue weighted by atomic mass is 9.84. The molecule has 0 saturated carbocycles. The Morgan fingerprint density at radius 3 is 2.38 bits per heavy atom. The maximum atomic E-state index is 10.0. The van der Waals surface area contributed by atoms with Crippen molar-refractivity contribution in [3.05, 3.63) is 35.9 Å². The Morgan fingerprint density at radius 1 is 1.31 bits per heavy atom. The van der Waals surface area contributed by atoms with Gasteiger partial charge in [0.05, 0.1) is 0 Å². The van der Waals surface area contributed by atoms with E-state index in [1.165, 1.54) is 12.0 Å². The Kier molecular flexibility index (Phi) is 3.04. The van der Waals surface area contributed by atoms with Crippen molar-refractivity contribution in [2.45, 2.75) is 44.9 Å². The Bertz CT molecular complexity index is 342. The van der Waals surface area contributed by atoms with Gasteiger partial charge in [-0.2, -0.15) is 0 Å². The molecule has 1 fully saturated rings. The van der Waals surface area contributed by atoms with Crippen LogP contribution in [-0.4, -0.2) is 28.3 Å². The first-order valence-corrected chi connectivity index (χ1v) is 6.04. The molecular formula is C14H21NO. The Morgan fingerprint density at radius 2 is 1.94 bits per heavy atom. The molecule has 0 aromatic heterocycles. The van der Waals surface area contributed by atoms with Crippen molar-refractivity contribution < 1.29 is 5.11 Å². The van der Waals surface area contributed by atoms with E-state index < -0.39 is 5.72 Å². The average molecular weight is 219 g/mol. The summed E-state index contributed by atoms with van der Waals surface area (Å²) in [6, 6.07) is 11.0. The third-order valence-corrected chi connectivity index (χ3v) is 3.67. The summed E-state index contributed by atoms with van der Waals surface area (Å²) < 4.78 is 0. The van der Waals surface area contributed by atoms with E-state index in [9.17, 15) is 5.11 Å². The minimum Gasteiger partial charge on any atom is -0.376 e. The number of nitrogens with zero attached hydrogens (tertiary/aromatic N) is 1. The molecule has 1 aliphatic rings. The van der Waals surface area contributed by atoms with E-state index in [-0.39, 0.29) is 0 Å². The van der Waals surface area contributed by atoms with Crippen LogP contribution < -0.4 is 0 Å². The van der Waals surface area contributed by atoms with E-state index in [0.717, 1.165) is 6.54 Å². The highest BCUT2D eigenvalue weighted by Gasteiger charge is 2.40. The molecule has 1 aliphatic heterocycles. The Labute approximate surface area is 97.9 Å². The molecule has 2 atom stereocenters. The number of benzene rings is 1. The highest BCUT2D eigenvalue weighted by molar-refractivity contribution is 5.21. The zero-order chi connectivity index (χ0) is 11.8. The zero-order valence-corrected chi connectivity index (χ0v) is 10.4. The average Bonchev–Trinajstić information content (AvgIpc) is 2.14. The van der Waals surface area contributed by atoms with Gasteiger partial charge in [0.25, 0.3) is 0 Å². The third kappa shape index (κ3) is 2.13. The predicted octanol–water partition coefficient (Wildman–Crippen LogP) is 2.59. The van der Waals surface area contributed by atoms with E-state index in [0.29, 0.717) is 12.0 Å². The third-order valence-electron chi connectivity index (χ3n) is 3.67. The second-order valence-corrected chi connectivity index (χ2v) is 5.24. The molecule has 0 bridgehead atoms. The highest BCUT2D eigenvalue weighted by Crippen LogP contribution is 2.35. The smallest absolute Gasteiger partial charge is 0.113 e. The van der Waals surface area contributed by atoms with Crippen LogP contribution in [0.2, 0.25) is 0 Å². The minimum absolute atomic E-state index is 0.474. The van der Waals surface area contributed by atoms with Crippen LogP contribution in [0.5, 0.6) is 0 Å². The van der Waals surface area contributed by atoms with Crippen LogP contribution in [0.25, 0.3) is 0 Å². The maximum absolute atomic E-state index is 10.0. The van der Waals surface area contributed by atoms with Gasteiger partial charge < -0.3 is 5.11 Å². The summed E-state index contributed by atoms with van der Waals surface area (Å²) >= 11 is 0. The molecule has 1 aromatic rings. The van der Waals surface area contributed by atoms with Gasteiger partial charge in [-0.05, 0) is 31.7 Å². The summed E-state index contributed by atoms with van der Waals surface area (Å²) in [5, 5.41) is 10.0. The first-order chi connectivity index (χ1) is 7.50. The maximum Gasteiger partial charge on any atom is 0.113 e. The van der Waals surface area contributed by atoms with Gasteiger partial charge in [0.15, 0.2) is 0 Å². The van der Waals surface area contributed by atoms with Gasteiger partial charge in [-0.1, -0.05) is 37.3 Å². The largest absolute Gasteiger partial charge is 0.376 e. The molecule has 0 aliphatic carbocycles. The van der Waals surface area contributed by atoms with E-state index in [1.807, 2.05) is 19.9 Å². The molecule has 0 radical (unpaired) electrons. The molecule has 2 nitrogen and oxygen atoms in total. The standard InChI is InChI=1S/C14H21NO/c1-11(12-7-5-4-6-8-12)13-9-10-15(13)14(2,3)16/h4-8,11,13,16H,9-10H2,1-3H3/t11-,13-/m0/s1. The molecule has 2 heteroatoms. The van der Waals surface area contributed by atoms with Crippen LogP contribution in [0.4, 0.5) is 0 Å². The second-order valence-electron chi connectivity index (χ2n) is 5.24. The van der Waals surface area contributed by atoms with Crippen LogP contribution in [0.15, 0.2) is 30.3 Å². The van der Waals surface area contributed by atoms with Gasteiger partial charge in [0.2, 0.25) is 0 Å². The fraction of sp³-hybridized carbons (Fsp3) is 0.571. The minimum atomic E-state index is -0.689. The molecule has 0 spiro atoms. The number of rotatable bonds is 3. The molecule has 0 amide bonds. The summed E-state index contributed by atoms with van der Waals surface area (Å²) in [5.41, 5.74) is 0.674. The first kappa shape index (κ1) is 11.6. The molecule has 1 saturated heterocycles. The molecule has 2 rings (SSSR count). The molecule has 1 aromatic carbocycles. The van der Waals surface area contributed by atoms with E-state index >= 15 is 0 Å². The van der Waals surface area contributed by atoms with Gasteiger partial charge in [-0.15, -0.1) is 0 Å². The summed E-state index contributed by atoms with van der Waals surface area (Å²) in [5.74, 6) is 0.487. The van der Waals surface area contributed by atoms with Crippen LogP contribution in [-0.2, 0) is 0 Å². The van der Waals surface area contributed by atoms with Crippen LogP contribution in [0.1, 0.15) is 38.7 Å². The van der Waals surface area contributed by atoms with Crippen molar-refractivity contribution in [1.82, 2.24) is 4.90 Å². The molecule has 1 heterocycles. The molecule has 88 valence electrons. The van der Waals surface area contributed by atoms with E-state index in [2.05, 4.69) is 36.1 Å². The van der Waals surface area contributed by atoms with Crippen LogP contribution in [0.3, 0.4) is 0 Å². The van der Waals surface area contributed by atoms with E-state index in [1.54, 1.807) is 0 Å². The van der Waals surface area contributed by atoms with Crippen molar-refractivity contribution in [1.29, 1.82) is 0 Å². The highest BCUT2D eigenvalue weighted by atomic mass is 16.3. The molecule has 0 unspecified atom stereocenters. The predicted molar refractivity (Wildman–Crippen MR) is 66.3 cm³/mol. The lowest BCUT2D eigenvalue weighted by Gasteiger charge is -2.50. The number of aliphatic hydroxyl groups is 1. The van der Waals surface area contributed by atoms with E-state index in [4.69, 9.17) is 0 Å². The number of hydrogen-bond donors (Lipinski definition) is 1. The lowest BCUT2D eigenvalue weighted by molar-refractivity contribution is -0.146. The SMILES string of the molecule is C[C@@H](c1ccccc1)[C@@H]1CCN1C(C)(C)O. The summed E-state index contributed by atoms with van der Waals surface area (Å²) in [4.78, 5) is 2.19. The summed E-state index contributed by atoms with van der Waals surface area (Å²) in [7, 11) is 0. The van der Waals surface area contributed by atoms with Crippen molar-refractivity contribution in [2.24, 2.45) is 0 Å². The normalized spacial score (nSPS) is 23.9. The fourth-order valence-corrected chi connectivity index (χ4v) is 2.59. The molecular weight excluding hydrogens is 198 g/mol. The lowest BCUT2D eigenvalue weighted by Crippen LogP contribution is -2.60. The quantitative estimate of drug-likeness (QED) is 0.844. The van der Waals surface area contributed by atoms with Crippen molar-refractivity contribution in [3.63, 3.8) is 0 Å². The number of hydrogen-bond acceptors (Lipinski definition) is 2. The number of likely N-dealkylation sites (tertiary alicyclic amines) is 1. The van der Waals surface area contributed by atoms with Gasteiger partial charge in [0.1, 0.15) is 5.72 Å². The van der Waals surface area contributed by atoms with Gasteiger partial charge in [-0.25, -0.2) is 0 Å². The Hall–Kier alpha value is -0.860.